The number of ether oxygens (including phenoxy) is 2. The van der Waals surface area contributed by atoms with E-state index in [2.05, 4.69) is 31.0 Å². The van der Waals surface area contributed by atoms with Gasteiger partial charge >= 0.3 is 6.01 Å². The molecule has 2 aromatic carbocycles. The van der Waals surface area contributed by atoms with E-state index in [-0.39, 0.29) is 63.6 Å². The predicted octanol–water partition coefficient (Wildman–Crippen LogP) is 3.99. The summed E-state index contributed by atoms with van der Waals surface area (Å²) >= 11 is 0. The molecule has 2 N–H and O–H groups in total. The van der Waals surface area contributed by atoms with Crippen molar-refractivity contribution < 1.29 is 23.4 Å². The molecule has 4 aliphatic rings. The zero-order valence-electron chi connectivity index (χ0n) is 23.5. The van der Waals surface area contributed by atoms with Crippen molar-refractivity contribution in [3.05, 3.63) is 41.5 Å². The molecule has 0 bridgehead atoms. The summed E-state index contributed by atoms with van der Waals surface area (Å²) in [5.41, 5.74) is -0.124. The Morgan fingerprint density at radius 2 is 1.95 bits per heavy atom. The van der Waals surface area contributed by atoms with Gasteiger partial charge in [0, 0.05) is 30.6 Å². The monoisotopic (exact) mass is 584 g/mol. The van der Waals surface area contributed by atoms with Crippen molar-refractivity contribution in [2.45, 2.75) is 37.3 Å². The normalized spacial score (nSPS) is 20.9. The summed E-state index contributed by atoms with van der Waals surface area (Å²) < 4.78 is 44.2. The predicted molar refractivity (Wildman–Crippen MR) is 158 cm³/mol. The van der Waals surface area contributed by atoms with E-state index in [4.69, 9.17) is 20.9 Å². The van der Waals surface area contributed by atoms with Crippen molar-refractivity contribution in [3.8, 4) is 41.2 Å². The number of fused-ring (bicyclic) bond motifs is 4. The first-order valence-corrected chi connectivity index (χ1v) is 14.8. The molecule has 3 fully saturated rings. The molecule has 0 saturated carbocycles. The number of aromatic hydroxyl groups is 1. The molecule has 1 atom stereocenters. The highest BCUT2D eigenvalue weighted by Gasteiger charge is 2.45. The average molecular weight is 585 g/mol. The van der Waals surface area contributed by atoms with Gasteiger partial charge in [0.1, 0.15) is 47.2 Å². The molecule has 0 radical (unpaired) electrons. The number of nitrogens with one attached hydrogen (secondary N) is 1. The Hall–Kier alpha value is -4.27. The van der Waals surface area contributed by atoms with Crippen LogP contribution >= 0.6 is 0 Å². The quantitative estimate of drug-likeness (QED) is 0.346. The Balaban J connectivity index is 1.34. The van der Waals surface area contributed by atoms with Gasteiger partial charge in [0.25, 0.3) is 0 Å². The first kappa shape index (κ1) is 26.4. The van der Waals surface area contributed by atoms with Crippen LogP contribution in [0.4, 0.5) is 14.6 Å². The van der Waals surface area contributed by atoms with Crippen molar-refractivity contribution in [2.75, 3.05) is 50.8 Å². The van der Waals surface area contributed by atoms with E-state index in [0.29, 0.717) is 36.3 Å². The summed E-state index contributed by atoms with van der Waals surface area (Å²) in [6.45, 7) is 4.85. The van der Waals surface area contributed by atoms with Crippen LogP contribution in [0.25, 0.3) is 32.9 Å². The fourth-order valence-electron chi connectivity index (χ4n) is 7.44. The van der Waals surface area contributed by atoms with Gasteiger partial charge in [-0.1, -0.05) is 12.0 Å². The molecule has 2 aromatic heterocycles. The first-order valence-electron chi connectivity index (χ1n) is 14.8. The summed E-state index contributed by atoms with van der Waals surface area (Å²) in [6.07, 6.45) is 10.0. The summed E-state index contributed by atoms with van der Waals surface area (Å²) in [7, 11) is 0. The third kappa shape index (κ3) is 4.07. The highest BCUT2D eigenvalue weighted by Crippen LogP contribution is 2.44. The summed E-state index contributed by atoms with van der Waals surface area (Å²) in [5, 5.41) is 15.0. The van der Waals surface area contributed by atoms with Crippen LogP contribution in [-0.4, -0.2) is 82.5 Å². The number of hydrogen-bond acceptors (Lipinski definition) is 9. The van der Waals surface area contributed by atoms with Crippen molar-refractivity contribution in [1.29, 1.82) is 0 Å². The zero-order valence-corrected chi connectivity index (χ0v) is 23.5. The number of halogens is 2. The number of anilines is 1. The fourth-order valence-corrected chi connectivity index (χ4v) is 7.44. The molecule has 3 saturated heterocycles. The molecular formula is C32H30F2N6O3. The number of pyridine rings is 1. The molecule has 220 valence electrons. The maximum absolute atomic E-state index is 16.8. The second-order valence-electron chi connectivity index (χ2n) is 11.9. The minimum Gasteiger partial charge on any atom is -0.508 e. The highest BCUT2D eigenvalue weighted by molar-refractivity contribution is 6.04. The maximum Gasteiger partial charge on any atom is 0.319 e. The van der Waals surface area contributed by atoms with Crippen LogP contribution in [-0.2, 0) is 0 Å². The van der Waals surface area contributed by atoms with Gasteiger partial charge in [-0.2, -0.15) is 9.97 Å². The lowest BCUT2D eigenvalue weighted by Crippen LogP contribution is -2.53. The van der Waals surface area contributed by atoms with Crippen LogP contribution in [0.3, 0.4) is 0 Å². The van der Waals surface area contributed by atoms with Crippen LogP contribution in [0.1, 0.15) is 31.2 Å². The Morgan fingerprint density at radius 1 is 1.12 bits per heavy atom. The smallest absolute Gasteiger partial charge is 0.319 e. The minimum absolute atomic E-state index is 0.0125. The van der Waals surface area contributed by atoms with Crippen LogP contribution in [0.15, 0.2) is 24.3 Å². The fraction of sp³-hybridized carbons (Fsp3) is 0.406. The third-order valence-electron chi connectivity index (χ3n) is 9.48. The van der Waals surface area contributed by atoms with Gasteiger partial charge < -0.3 is 24.8 Å². The number of hydrogen-bond donors (Lipinski definition) is 2. The second kappa shape index (κ2) is 9.89. The zero-order chi connectivity index (χ0) is 29.3. The third-order valence-corrected chi connectivity index (χ3v) is 9.48. The Bertz CT molecular complexity index is 1830. The van der Waals surface area contributed by atoms with E-state index in [1.807, 2.05) is 0 Å². The second-order valence-corrected chi connectivity index (χ2v) is 11.9. The Morgan fingerprint density at radius 3 is 2.77 bits per heavy atom. The van der Waals surface area contributed by atoms with E-state index in [9.17, 15) is 9.50 Å². The van der Waals surface area contributed by atoms with E-state index in [1.54, 1.807) is 0 Å². The number of benzene rings is 2. The van der Waals surface area contributed by atoms with Crippen molar-refractivity contribution >= 4 is 27.5 Å². The summed E-state index contributed by atoms with van der Waals surface area (Å²) in [6, 6.07) is 5.53. The average Bonchev–Trinajstić information content (AvgIpc) is 3.56. The number of aromatic nitrogens is 3. The first-order chi connectivity index (χ1) is 21.0. The molecule has 4 aliphatic heterocycles. The van der Waals surface area contributed by atoms with Gasteiger partial charge in [0.15, 0.2) is 5.82 Å². The van der Waals surface area contributed by atoms with Crippen LogP contribution in [0.2, 0.25) is 0 Å². The number of phenols is 1. The Labute approximate surface area is 246 Å². The van der Waals surface area contributed by atoms with Crippen molar-refractivity contribution in [1.82, 2.24) is 25.2 Å². The number of piperazine rings is 1. The van der Waals surface area contributed by atoms with Crippen LogP contribution in [0, 0.1) is 24.0 Å². The molecule has 11 heteroatoms. The molecule has 1 unspecified atom stereocenters. The van der Waals surface area contributed by atoms with E-state index >= 15 is 4.39 Å². The van der Waals surface area contributed by atoms with E-state index in [1.165, 1.54) is 24.3 Å². The molecular weight excluding hydrogens is 554 g/mol. The van der Waals surface area contributed by atoms with Gasteiger partial charge in [-0.15, -0.1) is 6.42 Å². The van der Waals surface area contributed by atoms with Gasteiger partial charge in [0.05, 0.1) is 17.1 Å². The van der Waals surface area contributed by atoms with Crippen LogP contribution < -0.4 is 19.7 Å². The maximum atomic E-state index is 16.8. The summed E-state index contributed by atoms with van der Waals surface area (Å²) in [5.74, 6) is 1.53. The largest absolute Gasteiger partial charge is 0.508 e. The van der Waals surface area contributed by atoms with E-state index in [0.717, 1.165) is 45.3 Å². The standard InChI is InChI=1S/C32H30F2N6O3/c1-2-21-23(33)6-5-18-13-20(41)14-22(24(18)21)27-26(34)28-25-29(40-12-9-35-15-19(40)16-42-30(25)36-27)38-31(37-28)43-17-32-7-3-10-39(32)11-4-8-32/h1,5-6,13-14,19,35,41H,3-4,7-12,15-17H2. The number of rotatable bonds is 4. The van der Waals surface area contributed by atoms with Crippen LogP contribution in [0.5, 0.6) is 17.6 Å². The molecule has 0 amide bonds. The number of nitrogens with zero attached hydrogens (tertiary/aromatic N) is 5. The lowest BCUT2D eigenvalue weighted by molar-refractivity contribution is 0.108. The SMILES string of the molecule is C#Cc1c(F)ccc2cc(O)cc(-c3nc4c5c(nc(OCC67CCCN6CCC7)nc5c3F)N3CCNCC3CO4)c12. The summed E-state index contributed by atoms with van der Waals surface area (Å²) in [4.78, 5) is 18.7. The van der Waals surface area contributed by atoms with Gasteiger partial charge in [-0.3, -0.25) is 4.90 Å². The molecule has 43 heavy (non-hydrogen) atoms. The molecule has 0 spiro atoms. The highest BCUT2D eigenvalue weighted by atomic mass is 19.1. The Kier molecular flexibility index (Phi) is 6.07. The lowest BCUT2D eigenvalue weighted by atomic mass is 9.95. The lowest BCUT2D eigenvalue weighted by Gasteiger charge is -2.35. The molecule has 0 aliphatic carbocycles. The van der Waals surface area contributed by atoms with Gasteiger partial charge in [-0.25, -0.2) is 13.8 Å². The molecule has 6 heterocycles. The van der Waals surface area contributed by atoms with Crippen molar-refractivity contribution in [3.63, 3.8) is 0 Å². The van der Waals surface area contributed by atoms with Gasteiger partial charge in [-0.05, 0) is 62.4 Å². The minimum atomic E-state index is -0.759. The molecule has 8 rings (SSSR count). The number of terminal acetylenes is 1. The van der Waals surface area contributed by atoms with Gasteiger partial charge in [0.2, 0.25) is 5.88 Å². The van der Waals surface area contributed by atoms with E-state index < -0.39 is 11.6 Å². The van der Waals surface area contributed by atoms with Crippen molar-refractivity contribution in [2.24, 2.45) is 0 Å². The number of phenolic OH excluding ortho intramolecular Hbond substituents is 1. The molecule has 4 aromatic rings. The topological polar surface area (TPSA) is 95.9 Å². The molecule has 9 nitrogen and oxygen atoms in total.